The lowest BCUT2D eigenvalue weighted by molar-refractivity contribution is 0.217. The van der Waals surface area contributed by atoms with Crippen molar-refractivity contribution < 1.29 is 13.2 Å². The van der Waals surface area contributed by atoms with E-state index < -0.39 is 10.0 Å². The monoisotopic (exact) mass is 321 g/mol. The molecule has 17 heavy (non-hydrogen) atoms. The van der Waals surface area contributed by atoms with Gasteiger partial charge in [0.2, 0.25) is 10.0 Å². The Morgan fingerprint density at radius 2 is 1.82 bits per heavy atom. The van der Waals surface area contributed by atoms with Crippen LogP contribution in [0.5, 0.6) is 0 Å². The van der Waals surface area contributed by atoms with Crippen LogP contribution in [0.25, 0.3) is 0 Å². The number of halogens is 1. The van der Waals surface area contributed by atoms with Crippen LogP contribution in [0.1, 0.15) is 11.1 Å². The van der Waals surface area contributed by atoms with Crippen molar-refractivity contribution in [2.45, 2.75) is 13.8 Å². The Hall–Kier alpha value is -0.590. The standard InChI is InChI=1S/C11H16BrNO3S/c1-8-6-10(12)7-9(2)11(8)13-17(14,15)5-4-16-3/h6-7,13H,4-5H2,1-3H3. The maximum Gasteiger partial charge on any atom is 0.235 e. The van der Waals surface area contributed by atoms with Crippen LogP contribution in [0.2, 0.25) is 0 Å². The summed E-state index contributed by atoms with van der Waals surface area (Å²) in [5.74, 6) is -0.0432. The van der Waals surface area contributed by atoms with E-state index in [4.69, 9.17) is 4.74 Å². The molecule has 0 spiro atoms. The van der Waals surface area contributed by atoms with E-state index in [9.17, 15) is 8.42 Å². The van der Waals surface area contributed by atoms with Crippen molar-refractivity contribution in [3.05, 3.63) is 27.7 Å². The Morgan fingerprint density at radius 3 is 2.29 bits per heavy atom. The van der Waals surface area contributed by atoms with Gasteiger partial charge in [-0.05, 0) is 37.1 Å². The lowest BCUT2D eigenvalue weighted by Gasteiger charge is -2.13. The molecule has 0 saturated carbocycles. The third kappa shape index (κ3) is 4.29. The summed E-state index contributed by atoms with van der Waals surface area (Å²) in [6.45, 7) is 3.92. The van der Waals surface area contributed by atoms with Crippen LogP contribution in [0.3, 0.4) is 0 Å². The molecular weight excluding hydrogens is 306 g/mol. The van der Waals surface area contributed by atoms with Crippen molar-refractivity contribution >= 4 is 31.6 Å². The molecule has 0 bridgehead atoms. The molecule has 0 aliphatic heterocycles. The zero-order chi connectivity index (χ0) is 13.1. The minimum atomic E-state index is -3.34. The summed E-state index contributed by atoms with van der Waals surface area (Å²) in [5, 5.41) is 0. The Morgan fingerprint density at radius 1 is 1.29 bits per heavy atom. The third-order valence-electron chi connectivity index (χ3n) is 2.31. The second kappa shape index (κ2) is 5.84. The molecule has 0 radical (unpaired) electrons. The number of benzene rings is 1. The molecule has 0 unspecified atom stereocenters. The number of aryl methyl sites for hydroxylation is 2. The number of hydrogen-bond donors (Lipinski definition) is 1. The van der Waals surface area contributed by atoms with Gasteiger partial charge >= 0.3 is 0 Å². The van der Waals surface area contributed by atoms with Crippen LogP contribution < -0.4 is 4.72 Å². The lowest BCUT2D eigenvalue weighted by atomic mass is 10.1. The van der Waals surface area contributed by atoms with Gasteiger partial charge in [-0.2, -0.15) is 0 Å². The Balaban J connectivity index is 2.96. The van der Waals surface area contributed by atoms with Gasteiger partial charge in [0, 0.05) is 11.6 Å². The smallest absolute Gasteiger partial charge is 0.235 e. The van der Waals surface area contributed by atoms with E-state index in [0.29, 0.717) is 5.69 Å². The molecule has 0 aliphatic rings. The van der Waals surface area contributed by atoms with Gasteiger partial charge in [0.25, 0.3) is 0 Å². The van der Waals surface area contributed by atoms with Crippen molar-refractivity contribution in [1.82, 2.24) is 0 Å². The van der Waals surface area contributed by atoms with E-state index >= 15 is 0 Å². The molecule has 0 saturated heterocycles. The van der Waals surface area contributed by atoms with Gasteiger partial charge in [0.1, 0.15) is 0 Å². The van der Waals surface area contributed by atoms with E-state index in [1.807, 2.05) is 26.0 Å². The highest BCUT2D eigenvalue weighted by Crippen LogP contribution is 2.25. The highest BCUT2D eigenvalue weighted by atomic mass is 79.9. The van der Waals surface area contributed by atoms with Crippen LogP contribution in [-0.2, 0) is 14.8 Å². The van der Waals surface area contributed by atoms with Crippen LogP contribution in [0, 0.1) is 13.8 Å². The van der Waals surface area contributed by atoms with Gasteiger partial charge in [0.15, 0.2) is 0 Å². The van der Waals surface area contributed by atoms with Crippen LogP contribution in [0.4, 0.5) is 5.69 Å². The maximum absolute atomic E-state index is 11.7. The SMILES string of the molecule is COCCS(=O)(=O)Nc1c(C)cc(Br)cc1C. The molecule has 4 nitrogen and oxygen atoms in total. The summed E-state index contributed by atoms with van der Waals surface area (Å²) in [7, 11) is -1.87. The Bertz CT molecular complexity index is 476. The number of sulfonamides is 1. The highest BCUT2D eigenvalue weighted by molar-refractivity contribution is 9.10. The molecule has 1 N–H and O–H groups in total. The molecule has 0 heterocycles. The van der Waals surface area contributed by atoms with Gasteiger partial charge in [-0.15, -0.1) is 0 Å². The minimum Gasteiger partial charge on any atom is -0.384 e. The first-order valence-corrected chi connectivity index (χ1v) is 7.56. The number of nitrogens with one attached hydrogen (secondary N) is 1. The van der Waals surface area contributed by atoms with Gasteiger partial charge < -0.3 is 4.74 Å². The van der Waals surface area contributed by atoms with Crippen LogP contribution in [0.15, 0.2) is 16.6 Å². The lowest BCUT2D eigenvalue weighted by Crippen LogP contribution is -2.20. The summed E-state index contributed by atoms with van der Waals surface area (Å²) in [6, 6.07) is 3.75. The van der Waals surface area contributed by atoms with Gasteiger partial charge in [0.05, 0.1) is 18.0 Å². The first kappa shape index (κ1) is 14.5. The highest BCUT2D eigenvalue weighted by Gasteiger charge is 2.13. The molecule has 96 valence electrons. The van der Waals surface area contributed by atoms with Gasteiger partial charge in [-0.3, -0.25) is 4.72 Å². The predicted octanol–water partition coefficient (Wildman–Crippen LogP) is 2.45. The zero-order valence-corrected chi connectivity index (χ0v) is 12.5. The predicted molar refractivity (Wildman–Crippen MR) is 72.9 cm³/mol. The van der Waals surface area contributed by atoms with E-state index in [-0.39, 0.29) is 12.4 Å². The average molecular weight is 322 g/mol. The Kier molecular flexibility index (Phi) is 4.97. The molecule has 0 amide bonds. The van der Waals surface area contributed by atoms with E-state index in [2.05, 4.69) is 20.7 Å². The van der Waals surface area contributed by atoms with Crippen molar-refractivity contribution in [3.63, 3.8) is 0 Å². The summed E-state index contributed by atoms with van der Waals surface area (Å²) < 4.78 is 31.8. The van der Waals surface area contributed by atoms with Crippen molar-refractivity contribution in [1.29, 1.82) is 0 Å². The van der Waals surface area contributed by atoms with Gasteiger partial charge in [-0.1, -0.05) is 15.9 Å². The van der Waals surface area contributed by atoms with Crippen molar-refractivity contribution in [3.8, 4) is 0 Å². The van der Waals surface area contributed by atoms with Gasteiger partial charge in [-0.25, -0.2) is 8.42 Å². The Labute approximate surface area is 111 Å². The number of hydrogen-bond acceptors (Lipinski definition) is 3. The topological polar surface area (TPSA) is 55.4 Å². The molecule has 0 fully saturated rings. The van der Waals surface area contributed by atoms with Crippen molar-refractivity contribution in [2.24, 2.45) is 0 Å². The summed E-state index contributed by atoms with van der Waals surface area (Å²) in [5.41, 5.74) is 2.42. The van der Waals surface area contributed by atoms with Crippen LogP contribution >= 0.6 is 15.9 Å². The second-order valence-electron chi connectivity index (χ2n) is 3.83. The summed E-state index contributed by atoms with van der Waals surface area (Å²) in [6.07, 6.45) is 0. The molecule has 1 aromatic carbocycles. The number of ether oxygens (including phenoxy) is 1. The molecule has 0 atom stereocenters. The fraction of sp³-hybridized carbons (Fsp3) is 0.455. The minimum absolute atomic E-state index is 0.0432. The quantitative estimate of drug-likeness (QED) is 0.906. The summed E-state index contributed by atoms with van der Waals surface area (Å²) in [4.78, 5) is 0. The number of rotatable bonds is 5. The second-order valence-corrected chi connectivity index (χ2v) is 6.59. The fourth-order valence-corrected chi connectivity index (χ4v) is 3.28. The maximum atomic E-state index is 11.7. The molecule has 1 aromatic rings. The first-order chi connectivity index (χ1) is 7.85. The average Bonchev–Trinajstić information content (AvgIpc) is 2.21. The van der Waals surface area contributed by atoms with E-state index in [0.717, 1.165) is 15.6 Å². The molecule has 0 aliphatic carbocycles. The molecular formula is C11H16BrNO3S. The third-order valence-corrected chi connectivity index (χ3v) is 3.99. The largest absolute Gasteiger partial charge is 0.384 e. The first-order valence-electron chi connectivity index (χ1n) is 5.12. The normalized spacial score (nSPS) is 11.5. The van der Waals surface area contributed by atoms with E-state index in [1.165, 1.54) is 7.11 Å². The number of methoxy groups -OCH3 is 1. The fourth-order valence-electron chi connectivity index (χ4n) is 1.47. The van der Waals surface area contributed by atoms with Crippen LogP contribution in [-0.4, -0.2) is 27.9 Å². The summed E-state index contributed by atoms with van der Waals surface area (Å²) >= 11 is 3.37. The van der Waals surface area contributed by atoms with E-state index in [1.54, 1.807) is 0 Å². The van der Waals surface area contributed by atoms with Crippen molar-refractivity contribution in [2.75, 3.05) is 24.2 Å². The molecule has 1 rings (SSSR count). The number of anilines is 1. The zero-order valence-electron chi connectivity index (χ0n) is 10.1. The molecule has 0 aromatic heterocycles. The molecule has 6 heteroatoms.